The summed E-state index contributed by atoms with van der Waals surface area (Å²) in [6.07, 6.45) is 2.18. The molecule has 15 heavy (non-hydrogen) atoms. The van der Waals surface area contributed by atoms with Crippen molar-refractivity contribution in [3.05, 3.63) is 16.5 Å². The first kappa shape index (κ1) is 10.6. The van der Waals surface area contributed by atoms with E-state index >= 15 is 0 Å². The van der Waals surface area contributed by atoms with E-state index in [4.69, 9.17) is 16.3 Å². The summed E-state index contributed by atoms with van der Waals surface area (Å²) in [5.41, 5.74) is 1.94. The normalized spacial score (nSPS) is 20.6. The van der Waals surface area contributed by atoms with Crippen molar-refractivity contribution in [2.75, 3.05) is 19.0 Å². The fraction of sp³-hybridized carbons (Fsp3) is 0.600. The van der Waals surface area contributed by atoms with E-state index < -0.39 is 0 Å². The molecule has 1 saturated heterocycles. The van der Waals surface area contributed by atoms with Crippen LogP contribution in [0.25, 0.3) is 0 Å². The number of nitrogens with zero attached hydrogens (tertiary/aromatic N) is 2. The zero-order valence-electron chi connectivity index (χ0n) is 8.88. The van der Waals surface area contributed by atoms with Gasteiger partial charge < -0.3 is 10.1 Å². The topological polar surface area (TPSA) is 47.0 Å². The van der Waals surface area contributed by atoms with Gasteiger partial charge in [-0.15, -0.1) is 0 Å². The molecule has 1 N–H and O–H groups in total. The highest BCUT2D eigenvalue weighted by Gasteiger charge is 2.23. The average Bonchev–Trinajstić information content (AvgIpc) is 2.74. The molecule has 1 fully saturated rings. The summed E-state index contributed by atoms with van der Waals surface area (Å²) in [7, 11) is 1.82. The first-order valence-corrected chi connectivity index (χ1v) is 5.43. The molecule has 2 rings (SSSR count). The largest absolute Gasteiger partial charge is 0.373 e. The van der Waals surface area contributed by atoms with Gasteiger partial charge in [-0.1, -0.05) is 0 Å². The molecule has 0 spiro atoms. The van der Waals surface area contributed by atoms with Gasteiger partial charge in [0.15, 0.2) is 0 Å². The van der Waals surface area contributed by atoms with Crippen LogP contribution in [0.2, 0.25) is 5.28 Å². The predicted molar refractivity (Wildman–Crippen MR) is 59.3 cm³/mol. The van der Waals surface area contributed by atoms with Crippen molar-refractivity contribution < 1.29 is 4.74 Å². The standard InChI is InChI=1S/C10H14ClN3O/c1-6-8(7-4-3-5-15-7)13-10(11)14-9(6)12-2/h7H,3-5H2,1-2H3,(H,12,13,14). The Hall–Kier alpha value is -0.870. The lowest BCUT2D eigenvalue weighted by Gasteiger charge is -2.14. The molecule has 2 heterocycles. The smallest absolute Gasteiger partial charge is 0.224 e. The van der Waals surface area contributed by atoms with Gasteiger partial charge in [-0.05, 0) is 31.4 Å². The number of anilines is 1. The van der Waals surface area contributed by atoms with Crippen LogP contribution in [0, 0.1) is 6.92 Å². The Morgan fingerprint density at radius 1 is 1.47 bits per heavy atom. The molecule has 1 unspecified atom stereocenters. The minimum Gasteiger partial charge on any atom is -0.373 e. The molecule has 0 saturated carbocycles. The maximum absolute atomic E-state index is 5.86. The van der Waals surface area contributed by atoms with Gasteiger partial charge in [0.1, 0.15) is 11.9 Å². The van der Waals surface area contributed by atoms with Crippen LogP contribution >= 0.6 is 11.6 Å². The minimum absolute atomic E-state index is 0.0811. The lowest BCUT2D eigenvalue weighted by Crippen LogP contribution is -2.07. The number of rotatable bonds is 2. The van der Waals surface area contributed by atoms with E-state index in [1.54, 1.807) is 0 Å². The van der Waals surface area contributed by atoms with Crippen LogP contribution in [0.15, 0.2) is 0 Å². The van der Waals surface area contributed by atoms with Crippen molar-refractivity contribution in [2.45, 2.75) is 25.9 Å². The van der Waals surface area contributed by atoms with Gasteiger partial charge in [0.25, 0.3) is 0 Å². The zero-order chi connectivity index (χ0) is 10.8. The molecule has 4 nitrogen and oxygen atoms in total. The monoisotopic (exact) mass is 227 g/mol. The van der Waals surface area contributed by atoms with Crippen LogP contribution < -0.4 is 5.32 Å². The van der Waals surface area contributed by atoms with Crippen LogP contribution in [-0.4, -0.2) is 23.6 Å². The fourth-order valence-electron chi connectivity index (χ4n) is 1.86. The number of hydrogen-bond donors (Lipinski definition) is 1. The van der Waals surface area contributed by atoms with Crippen LogP contribution in [-0.2, 0) is 4.74 Å². The molecule has 0 bridgehead atoms. The second kappa shape index (κ2) is 4.33. The van der Waals surface area contributed by atoms with E-state index in [0.717, 1.165) is 36.5 Å². The number of halogens is 1. The highest BCUT2D eigenvalue weighted by Crippen LogP contribution is 2.31. The molecule has 1 atom stereocenters. The third kappa shape index (κ3) is 2.06. The van der Waals surface area contributed by atoms with Gasteiger partial charge in [-0.25, -0.2) is 9.97 Å². The molecule has 0 amide bonds. The van der Waals surface area contributed by atoms with E-state index in [2.05, 4.69) is 15.3 Å². The van der Waals surface area contributed by atoms with Crippen molar-refractivity contribution >= 4 is 17.4 Å². The summed E-state index contributed by atoms with van der Waals surface area (Å²) in [6, 6.07) is 0. The van der Waals surface area contributed by atoms with Crippen LogP contribution in [0.4, 0.5) is 5.82 Å². The molecule has 1 aliphatic rings. The Morgan fingerprint density at radius 2 is 2.27 bits per heavy atom. The molecule has 0 aliphatic carbocycles. The summed E-state index contributed by atoms with van der Waals surface area (Å²) in [6.45, 7) is 2.79. The maximum atomic E-state index is 5.86. The van der Waals surface area contributed by atoms with Crippen LogP contribution in [0.5, 0.6) is 0 Å². The molecule has 5 heteroatoms. The lowest BCUT2D eigenvalue weighted by molar-refractivity contribution is 0.108. The highest BCUT2D eigenvalue weighted by atomic mass is 35.5. The van der Waals surface area contributed by atoms with E-state index in [9.17, 15) is 0 Å². The quantitative estimate of drug-likeness (QED) is 0.788. The Labute approximate surface area is 94.0 Å². The molecule has 1 aromatic rings. The van der Waals surface area contributed by atoms with Crippen molar-refractivity contribution in [2.24, 2.45) is 0 Å². The number of aromatic nitrogens is 2. The van der Waals surface area contributed by atoms with E-state index in [1.807, 2.05) is 14.0 Å². The van der Waals surface area contributed by atoms with Crippen molar-refractivity contribution in [1.29, 1.82) is 0 Å². The van der Waals surface area contributed by atoms with Crippen LogP contribution in [0.1, 0.15) is 30.2 Å². The van der Waals surface area contributed by atoms with Crippen molar-refractivity contribution in [3.63, 3.8) is 0 Å². The molecule has 0 radical (unpaired) electrons. The lowest BCUT2D eigenvalue weighted by atomic mass is 10.1. The van der Waals surface area contributed by atoms with E-state index in [1.165, 1.54) is 0 Å². The molecular weight excluding hydrogens is 214 g/mol. The fourth-order valence-corrected chi connectivity index (χ4v) is 2.03. The molecular formula is C10H14ClN3O. The third-order valence-corrected chi connectivity index (χ3v) is 2.80. The van der Waals surface area contributed by atoms with Gasteiger partial charge in [-0.3, -0.25) is 0 Å². The van der Waals surface area contributed by atoms with Gasteiger partial charge >= 0.3 is 0 Å². The Balaban J connectivity index is 2.40. The number of hydrogen-bond acceptors (Lipinski definition) is 4. The Morgan fingerprint density at radius 3 is 2.87 bits per heavy atom. The van der Waals surface area contributed by atoms with Gasteiger partial charge in [-0.2, -0.15) is 0 Å². The Kier molecular flexibility index (Phi) is 3.07. The van der Waals surface area contributed by atoms with Crippen LogP contribution in [0.3, 0.4) is 0 Å². The van der Waals surface area contributed by atoms with Gasteiger partial charge in [0, 0.05) is 19.2 Å². The van der Waals surface area contributed by atoms with Crippen molar-refractivity contribution in [1.82, 2.24) is 9.97 Å². The van der Waals surface area contributed by atoms with Gasteiger partial charge in [0.05, 0.1) is 5.69 Å². The molecule has 82 valence electrons. The number of nitrogens with one attached hydrogen (secondary N) is 1. The van der Waals surface area contributed by atoms with E-state index in [-0.39, 0.29) is 11.4 Å². The number of ether oxygens (including phenoxy) is 1. The zero-order valence-corrected chi connectivity index (χ0v) is 9.64. The summed E-state index contributed by atoms with van der Waals surface area (Å²) in [5, 5.41) is 3.28. The third-order valence-electron chi connectivity index (χ3n) is 2.63. The first-order chi connectivity index (χ1) is 7.22. The molecule has 1 aliphatic heterocycles. The summed E-state index contributed by atoms with van der Waals surface area (Å²) < 4.78 is 5.60. The first-order valence-electron chi connectivity index (χ1n) is 5.05. The SMILES string of the molecule is CNc1nc(Cl)nc(C2CCCO2)c1C. The highest BCUT2D eigenvalue weighted by molar-refractivity contribution is 6.28. The second-order valence-electron chi connectivity index (χ2n) is 3.60. The predicted octanol–water partition coefficient (Wildman–Crippen LogP) is 2.33. The van der Waals surface area contributed by atoms with Gasteiger partial charge in [0.2, 0.25) is 5.28 Å². The minimum atomic E-state index is 0.0811. The Bertz CT molecular complexity index is 364. The summed E-state index contributed by atoms with van der Waals surface area (Å²) in [4.78, 5) is 8.36. The summed E-state index contributed by atoms with van der Waals surface area (Å²) >= 11 is 5.86. The van der Waals surface area contributed by atoms with E-state index in [0.29, 0.717) is 0 Å². The second-order valence-corrected chi connectivity index (χ2v) is 3.94. The maximum Gasteiger partial charge on any atom is 0.224 e. The summed E-state index contributed by atoms with van der Waals surface area (Å²) in [5.74, 6) is 0.778. The molecule has 0 aromatic carbocycles. The molecule has 1 aromatic heterocycles. The average molecular weight is 228 g/mol. The van der Waals surface area contributed by atoms with Crippen molar-refractivity contribution in [3.8, 4) is 0 Å².